The quantitative estimate of drug-likeness (QED) is 0.362. The van der Waals surface area contributed by atoms with Crippen molar-refractivity contribution in [2.24, 2.45) is 10.9 Å². The summed E-state index contributed by atoms with van der Waals surface area (Å²) in [5.41, 5.74) is 1.42. The summed E-state index contributed by atoms with van der Waals surface area (Å²) in [6, 6.07) is 10.8. The average Bonchev–Trinajstić information content (AvgIpc) is 2.74. The molecule has 0 bridgehead atoms. The van der Waals surface area contributed by atoms with Crippen LogP contribution >= 0.6 is 24.0 Å². The molecule has 3 atom stereocenters. The van der Waals surface area contributed by atoms with Crippen molar-refractivity contribution in [3.63, 3.8) is 0 Å². The van der Waals surface area contributed by atoms with E-state index in [9.17, 15) is 4.79 Å². The van der Waals surface area contributed by atoms with Crippen LogP contribution in [-0.2, 0) is 9.53 Å². The van der Waals surface area contributed by atoms with Gasteiger partial charge in [-0.3, -0.25) is 4.79 Å². The highest BCUT2D eigenvalue weighted by Gasteiger charge is 2.29. The van der Waals surface area contributed by atoms with Gasteiger partial charge in [0.05, 0.1) is 6.10 Å². The van der Waals surface area contributed by atoms with E-state index in [1.54, 1.807) is 19.0 Å². The Balaban J connectivity index is 0.00000320. The van der Waals surface area contributed by atoms with Crippen LogP contribution < -0.4 is 5.32 Å². The molecule has 1 amide bonds. The van der Waals surface area contributed by atoms with E-state index in [4.69, 9.17) is 4.74 Å². The number of likely N-dealkylation sites (tertiary alicyclic amines) is 1. The monoisotopic (exact) mass is 528 g/mol. The molecule has 2 aliphatic heterocycles. The Labute approximate surface area is 198 Å². The Morgan fingerprint density at radius 1 is 1.23 bits per heavy atom. The van der Waals surface area contributed by atoms with Crippen LogP contribution in [0.3, 0.4) is 0 Å². The van der Waals surface area contributed by atoms with Crippen LogP contribution in [0.1, 0.15) is 44.1 Å². The molecule has 0 aromatic heterocycles. The van der Waals surface area contributed by atoms with Gasteiger partial charge < -0.3 is 19.9 Å². The van der Waals surface area contributed by atoms with E-state index >= 15 is 0 Å². The Morgan fingerprint density at radius 2 is 2.00 bits per heavy atom. The van der Waals surface area contributed by atoms with Crippen molar-refractivity contribution in [3.8, 4) is 0 Å². The Hall–Kier alpha value is -1.35. The van der Waals surface area contributed by atoms with Crippen LogP contribution in [0.4, 0.5) is 0 Å². The number of likely N-dealkylation sites (N-methyl/N-ethyl adjacent to an activating group) is 1. The summed E-state index contributed by atoms with van der Waals surface area (Å²) < 4.78 is 5.86. The SMILES string of the molecule is CC1CN(C(=NCC(=O)N(C)C)NCC2CCCCO2)CCC1c1ccccc1.I. The van der Waals surface area contributed by atoms with Gasteiger partial charge in [-0.05, 0) is 43.1 Å². The lowest BCUT2D eigenvalue weighted by Crippen LogP contribution is -2.50. The van der Waals surface area contributed by atoms with Gasteiger partial charge in [-0.15, -0.1) is 24.0 Å². The molecule has 3 rings (SSSR count). The third-order valence-corrected chi connectivity index (χ3v) is 6.06. The van der Waals surface area contributed by atoms with Crippen LogP contribution in [0.15, 0.2) is 35.3 Å². The Kier molecular flexibility index (Phi) is 10.4. The number of guanidine groups is 1. The summed E-state index contributed by atoms with van der Waals surface area (Å²) in [6.07, 6.45) is 4.78. The summed E-state index contributed by atoms with van der Waals surface area (Å²) in [5.74, 6) is 1.95. The second-order valence-electron chi connectivity index (χ2n) is 8.53. The van der Waals surface area contributed by atoms with Crippen molar-refractivity contribution in [3.05, 3.63) is 35.9 Å². The smallest absolute Gasteiger partial charge is 0.243 e. The summed E-state index contributed by atoms with van der Waals surface area (Å²) in [6.45, 7) is 5.97. The summed E-state index contributed by atoms with van der Waals surface area (Å²) >= 11 is 0. The van der Waals surface area contributed by atoms with Crippen molar-refractivity contribution < 1.29 is 9.53 Å². The number of rotatable bonds is 5. The lowest BCUT2D eigenvalue weighted by molar-refractivity contribution is -0.127. The fraction of sp³-hybridized carbons (Fsp3) is 0.652. The van der Waals surface area contributed by atoms with Crippen LogP contribution in [0.2, 0.25) is 0 Å². The van der Waals surface area contributed by atoms with Gasteiger partial charge in [-0.2, -0.15) is 0 Å². The maximum absolute atomic E-state index is 12.1. The van der Waals surface area contributed by atoms with E-state index < -0.39 is 0 Å². The molecule has 0 radical (unpaired) electrons. The highest BCUT2D eigenvalue weighted by Crippen LogP contribution is 2.32. The largest absolute Gasteiger partial charge is 0.376 e. The number of benzene rings is 1. The van der Waals surface area contributed by atoms with E-state index in [0.29, 0.717) is 11.8 Å². The highest BCUT2D eigenvalue weighted by molar-refractivity contribution is 14.0. The number of piperidine rings is 1. The Bertz CT molecular complexity index is 677. The lowest BCUT2D eigenvalue weighted by Gasteiger charge is -2.39. The van der Waals surface area contributed by atoms with Crippen LogP contribution in [-0.4, -0.2) is 74.7 Å². The molecule has 7 heteroatoms. The molecular formula is C23H37IN4O2. The molecule has 3 unspecified atom stereocenters. The molecule has 2 heterocycles. The van der Waals surface area contributed by atoms with E-state index in [1.807, 2.05) is 0 Å². The number of nitrogens with one attached hydrogen (secondary N) is 1. The molecule has 2 aliphatic rings. The van der Waals surface area contributed by atoms with Gasteiger partial charge in [-0.25, -0.2) is 4.99 Å². The number of carbonyl (C=O) groups excluding carboxylic acids is 1. The molecule has 1 aromatic rings. The predicted octanol–water partition coefficient (Wildman–Crippen LogP) is 3.33. The van der Waals surface area contributed by atoms with Crippen LogP contribution in [0, 0.1) is 5.92 Å². The van der Waals surface area contributed by atoms with Crippen LogP contribution in [0.5, 0.6) is 0 Å². The maximum Gasteiger partial charge on any atom is 0.243 e. The molecule has 2 saturated heterocycles. The lowest BCUT2D eigenvalue weighted by atomic mass is 9.82. The highest BCUT2D eigenvalue weighted by atomic mass is 127. The summed E-state index contributed by atoms with van der Waals surface area (Å²) in [7, 11) is 3.54. The van der Waals surface area contributed by atoms with Crippen molar-refractivity contribution >= 4 is 35.8 Å². The minimum absolute atomic E-state index is 0. The normalized spacial score (nSPS) is 24.7. The third-order valence-electron chi connectivity index (χ3n) is 6.06. The molecule has 1 N–H and O–H groups in total. The van der Waals surface area contributed by atoms with E-state index in [2.05, 4.69) is 52.5 Å². The Morgan fingerprint density at radius 3 is 2.63 bits per heavy atom. The molecule has 0 spiro atoms. The number of carbonyl (C=O) groups is 1. The maximum atomic E-state index is 12.1. The fourth-order valence-electron chi connectivity index (χ4n) is 4.26. The first-order chi connectivity index (χ1) is 14.0. The first kappa shape index (κ1) is 24.9. The molecule has 1 aromatic carbocycles. The van der Waals surface area contributed by atoms with Gasteiger partial charge >= 0.3 is 0 Å². The minimum Gasteiger partial charge on any atom is -0.376 e. The van der Waals surface area contributed by atoms with Gasteiger partial charge in [0, 0.05) is 40.3 Å². The number of nitrogens with zero attached hydrogens (tertiary/aromatic N) is 3. The number of hydrogen-bond acceptors (Lipinski definition) is 3. The van der Waals surface area contributed by atoms with Crippen molar-refractivity contribution in [1.82, 2.24) is 15.1 Å². The van der Waals surface area contributed by atoms with E-state index in [1.165, 1.54) is 12.0 Å². The number of aliphatic imine (C=N–C) groups is 1. The van der Waals surface area contributed by atoms with E-state index in [0.717, 1.165) is 51.5 Å². The van der Waals surface area contributed by atoms with Crippen molar-refractivity contribution in [2.75, 3.05) is 46.9 Å². The van der Waals surface area contributed by atoms with Crippen LogP contribution in [0.25, 0.3) is 0 Å². The molecule has 168 valence electrons. The predicted molar refractivity (Wildman–Crippen MR) is 133 cm³/mol. The third kappa shape index (κ3) is 7.11. The second-order valence-corrected chi connectivity index (χ2v) is 8.53. The molecule has 2 fully saturated rings. The summed E-state index contributed by atoms with van der Waals surface area (Å²) in [5, 5.41) is 3.51. The number of hydrogen-bond donors (Lipinski definition) is 1. The average molecular weight is 528 g/mol. The number of halogens is 1. The van der Waals surface area contributed by atoms with Gasteiger partial charge in [0.1, 0.15) is 6.54 Å². The molecule has 30 heavy (non-hydrogen) atoms. The second kappa shape index (κ2) is 12.5. The minimum atomic E-state index is 0. The molecule has 0 aliphatic carbocycles. The fourth-order valence-corrected chi connectivity index (χ4v) is 4.26. The van der Waals surface area contributed by atoms with E-state index in [-0.39, 0.29) is 42.5 Å². The molecule has 0 saturated carbocycles. The van der Waals surface area contributed by atoms with Gasteiger partial charge in [-0.1, -0.05) is 37.3 Å². The zero-order valence-corrected chi connectivity index (χ0v) is 20.9. The van der Waals surface area contributed by atoms with Crippen molar-refractivity contribution in [2.45, 2.75) is 44.6 Å². The van der Waals surface area contributed by atoms with Gasteiger partial charge in [0.15, 0.2) is 5.96 Å². The zero-order valence-electron chi connectivity index (χ0n) is 18.5. The topological polar surface area (TPSA) is 57.2 Å². The number of ether oxygens (including phenoxy) is 1. The standard InChI is InChI=1S/C23H36N4O2.HI/c1-18-17-27(13-12-21(18)19-9-5-4-6-10-19)23(25-16-22(28)26(2)3)24-15-20-11-7-8-14-29-20;/h4-6,9-10,18,20-21H,7-8,11-17H2,1-3H3,(H,24,25);1H. The van der Waals surface area contributed by atoms with Gasteiger partial charge in [0.25, 0.3) is 0 Å². The summed E-state index contributed by atoms with van der Waals surface area (Å²) in [4.78, 5) is 20.7. The first-order valence-electron chi connectivity index (χ1n) is 10.9. The molecule has 6 nitrogen and oxygen atoms in total. The molecular weight excluding hydrogens is 491 g/mol. The van der Waals surface area contributed by atoms with Crippen molar-refractivity contribution in [1.29, 1.82) is 0 Å². The number of amides is 1. The van der Waals surface area contributed by atoms with Gasteiger partial charge in [0.2, 0.25) is 5.91 Å². The zero-order chi connectivity index (χ0) is 20.6. The first-order valence-corrected chi connectivity index (χ1v) is 10.9.